The Balaban J connectivity index is 3.83. The van der Waals surface area contributed by atoms with E-state index >= 15 is 0 Å². The Morgan fingerprint density at radius 3 is 2.60 bits per heavy atom. The molecule has 10 heavy (non-hydrogen) atoms. The molecule has 5 nitrogen and oxygen atoms in total. The molecule has 0 fully saturated rings. The molecule has 0 bridgehead atoms. The fourth-order valence-corrected chi connectivity index (χ4v) is 0.383. The first-order valence-electron chi connectivity index (χ1n) is 2.65. The third kappa shape index (κ3) is 3.03. The molecular weight excluding hydrogens is 138 g/mol. The average Bonchev–Trinajstić information content (AvgIpc) is 1.81. The first-order chi connectivity index (χ1) is 4.57. The lowest BCUT2D eigenvalue weighted by Crippen LogP contribution is -2.21. The standard InChI is InChI=1S/C5H9NO4/c1-4(2)5(3-7)10-6(8)9/h5,7H,1,3H2,2H3/t5-/m1/s1. The predicted molar refractivity (Wildman–Crippen MR) is 33.8 cm³/mol. The van der Waals surface area contributed by atoms with Gasteiger partial charge < -0.3 is 9.94 Å². The van der Waals surface area contributed by atoms with Crippen LogP contribution >= 0.6 is 0 Å². The SMILES string of the molecule is C=C(C)[C@@H](CO)O[N+](=O)[O-]. The first-order valence-corrected chi connectivity index (χ1v) is 2.65. The van der Waals surface area contributed by atoms with E-state index in [2.05, 4.69) is 11.4 Å². The zero-order valence-electron chi connectivity index (χ0n) is 5.61. The number of nitrogens with zero attached hydrogens (tertiary/aromatic N) is 1. The largest absolute Gasteiger partial charge is 0.394 e. The topological polar surface area (TPSA) is 72.6 Å². The van der Waals surface area contributed by atoms with Gasteiger partial charge in [-0.25, -0.2) is 0 Å². The Morgan fingerprint density at radius 2 is 2.50 bits per heavy atom. The normalized spacial score (nSPS) is 12.2. The fourth-order valence-electron chi connectivity index (χ4n) is 0.383. The lowest BCUT2D eigenvalue weighted by Gasteiger charge is -2.09. The van der Waals surface area contributed by atoms with E-state index < -0.39 is 17.8 Å². The van der Waals surface area contributed by atoms with Gasteiger partial charge in [-0.2, -0.15) is 0 Å². The quantitative estimate of drug-likeness (QED) is 0.348. The van der Waals surface area contributed by atoms with Crippen molar-refractivity contribution in [1.82, 2.24) is 0 Å². The van der Waals surface area contributed by atoms with Gasteiger partial charge in [-0.3, -0.25) is 0 Å². The second kappa shape index (κ2) is 3.84. The first kappa shape index (κ1) is 8.90. The molecule has 0 radical (unpaired) electrons. The highest BCUT2D eigenvalue weighted by Gasteiger charge is 2.11. The molecule has 0 unspecified atom stereocenters. The second-order valence-corrected chi connectivity index (χ2v) is 1.85. The summed E-state index contributed by atoms with van der Waals surface area (Å²) in [5.74, 6) is 0. The maximum atomic E-state index is 9.70. The average molecular weight is 147 g/mol. The molecule has 0 aliphatic heterocycles. The van der Waals surface area contributed by atoms with Gasteiger partial charge in [-0.1, -0.05) is 6.58 Å². The van der Waals surface area contributed by atoms with Crippen molar-refractivity contribution in [3.8, 4) is 0 Å². The molecule has 58 valence electrons. The van der Waals surface area contributed by atoms with Crippen LogP contribution in [0.1, 0.15) is 6.92 Å². The number of hydrogen-bond acceptors (Lipinski definition) is 4. The molecule has 5 heteroatoms. The molecule has 0 aromatic heterocycles. The van der Waals surface area contributed by atoms with E-state index in [0.29, 0.717) is 5.57 Å². The van der Waals surface area contributed by atoms with Crippen LogP contribution in [0.2, 0.25) is 0 Å². The van der Waals surface area contributed by atoms with Gasteiger partial charge in [0, 0.05) is 0 Å². The van der Waals surface area contributed by atoms with Gasteiger partial charge in [0.15, 0.2) is 6.10 Å². The lowest BCUT2D eigenvalue weighted by atomic mass is 10.2. The minimum Gasteiger partial charge on any atom is -0.394 e. The smallest absolute Gasteiger partial charge is 0.295 e. The molecule has 0 aromatic rings. The number of hydrogen-bond donors (Lipinski definition) is 1. The molecule has 0 aliphatic carbocycles. The van der Waals surface area contributed by atoms with Crippen LogP contribution in [0.3, 0.4) is 0 Å². The van der Waals surface area contributed by atoms with Crippen LogP contribution in [-0.4, -0.2) is 22.9 Å². The van der Waals surface area contributed by atoms with Crippen LogP contribution in [0.15, 0.2) is 12.2 Å². The Hall–Kier alpha value is -1.10. The molecule has 0 rings (SSSR count). The van der Waals surface area contributed by atoms with Crippen LogP contribution in [0.25, 0.3) is 0 Å². The summed E-state index contributed by atoms with van der Waals surface area (Å²) in [5.41, 5.74) is 0.430. The van der Waals surface area contributed by atoms with E-state index in [9.17, 15) is 10.1 Å². The summed E-state index contributed by atoms with van der Waals surface area (Å²) in [6, 6.07) is 0. The van der Waals surface area contributed by atoms with E-state index in [4.69, 9.17) is 5.11 Å². The Bertz CT molecular complexity index is 145. The molecule has 0 saturated heterocycles. The summed E-state index contributed by atoms with van der Waals surface area (Å²) >= 11 is 0. The van der Waals surface area contributed by atoms with Gasteiger partial charge in [0.1, 0.15) is 0 Å². The van der Waals surface area contributed by atoms with Gasteiger partial charge >= 0.3 is 0 Å². The summed E-state index contributed by atoms with van der Waals surface area (Å²) in [4.78, 5) is 13.7. The second-order valence-electron chi connectivity index (χ2n) is 1.85. The van der Waals surface area contributed by atoms with Gasteiger partial charge in [-0.15, -0.1) is 10.1 Å². The van der Waals surface area contributed by atoms with Crippen molar-refractivity contribution < 1.29 is 15.0 Å². The Morgan fingerprint density at radius 1 is 2.00 bits per heavy atom. The highest BCUT2D eigenvalue weighted by Crippen LogP contribution is 2.01. The van der Waals surface area contributed by atoms with E-state index in [-0.39, 0.29) is 0 Å². The molecule has 1 N–H and O–H groups in total. The summed E-state index contributed by atoms with van der Waals surface area (Å²) in [7, 11) is 0. The van der Waals surface area contributed by atoms with Crippen LogP contribution in [0.5, 0.6) is 0 Å². The van der Waals surface area contributed by atoms with E-state index in [1.807, 2.05) is 0 Å². The molecule has 0 amide bonds. The van der Waals surface area contributed by atoms with E-state index in [1.165, 1.54) is 0 Å². The van der Waals surface area contributed by atoms with E-state index in [1.54, 1.807) is 6.92 Å². The van der Waals surface area contributed by atoms with Crippen molar-refractivity contribution in [2.24, 2.45) is 0 Å². The van der Waals surface area contributed by atoms with Gasteiger partial charge in [0.2, 0.25) is 0 Å². The number of aliphatic hydroxyl groups excluding tert-OH is 1. The molecule has 0 saturated carbocycles. The molecule has 0 spiro atoms. The van der Waals surface area contributed by atoms with Crippen molar-refractivity contribution in [1.29, 1.82) is 0 Å². The highest BCUT2D eigenvalue weighted by molar-refractivity contribution is 4.96. The summed E-state index contributed by atoms with van der Waals surface area (Å²) in [5, 5.41) is 17.2. The minimum absolute atomic E-state index is 0.420. The lowest BCUT2D eigenvalue weighted by molar-refractivity contribution is -0.766. The van der Waals surface area contributed by atoms with Gasteiger partial charge in [0.05, 0.1) is 6.61 Å². The minimum atomic E-state index is -0.949. The zero-order chi connectivity index (χ0) is 8.15. The van der Waals surface area contributed by atoms with Gasteiger partial charge in [-0.05, 0) is 12.5 Å². The van der Waals surface area contributed by atoms with Crippen LogP contribution in [0, 0.1) is 10.1 Å². The molecule has 0 aromatic carbocycles. The summed E-state index contributed by atoms with van der Waals surface area (Å²) < 4.78 is 0. The molecule has 1 atom stereocenters. The Labute approximate surface area is 58.0 Å². The Kier molecular flexibility index (Phi) is 3.42. The van der Waals surface area contributed by atoms with Gasteiger partial charge in [0.25, 0.3) is 5.09 Å². The predicted octanol–water partition coefficient (Wildman–Crippen LogP) is 0.132. The van der Waals surface area contributed by atoms with E-state index in [0.717, 1.165) is 0 Å². The summed E-state index contributed by atoms with van der Waals surface area (Å²) in [6.45, 7) is 4.52. The van der Waals surface area contributed by atoms with Crippen LogP contribution < -0.4 is 0 Å². The summed E-state index contributed by atoms with van der Waals surface area (Å²) in [6.07, 6.45) is -0.894. The maximum Gasteiger partial charge on any atom is 0.295 e. The molecule has 0 heterocycles. The number of rotatable bonds is 4. The fraction of sp³-hybridized carbons (Fsp3) is 0.600. The zero-order valence-corrected chi connectivity index (χ0v) is 5.61. The van der Waals surface area contributed by atoms with Crippen molar-refractivity contribution in [2.45, 2.75) is 13.0 Å². The van der Waals surface area contributed by atoms with Crippen molar-refractivity contribution in [2.75, 3.05) is 6.61 Å². The van der Waals surface area contributed by atoms with Crippen molar-refractivity contribution in [3.63, 3.8) is 0 Å². The maximum absolute atomic E-state index is 9.70. The van der Waals surface area contributed by atoms with Crippen molar-refractivity contribution >= 4 is 0 Å². The third-order valence-corrected chi connectivity index (χ3v) is 0.929. The van der Waals surface area contributed by atoms with Crippen LogP contribution in [0.4, 0.5) is 0 Å². The third-order valence-electron chi connectivity index (χ3n) is 0.929. The van der Waals surface area contributed by atoms with Crippen LogP contribution in [-0.2, 0) is 4.84 Å². The number of aliphatic hydroxyl groups is 1. The molecular formula is C5H9NO4. The molecule has 0 aliphatic rings. The highest BCUT2D eigenvalue weighted by atomic mass is 17.0. The monoisotopic (exact) mass is 147 g/mol. The van der Waals surface area contributed by atoms with Crippen molar-refractivity contribution in [3.05, 3.63) is 22.3 Å².